The van der Waals surface area contributed by atoms with Crippen molar-refractivity contribution in [3.05, 3.63) is 36.0 Å². The number of carbonyl (C=O) groups excluding carboxylic acids is 1. The lowest BCUT2D eigenvalue weighted by molar-refractivity contribution is 0.167. The molecule has 0 spiro atoms. The first-order chi connectivity index (χ1) is 6.75. The zero-order valence-electron chi connectivity index (χ0n) is 7.29. The summed E-state index contributed by atoms with van der Waals surface area (Å²) < 4.78 is 4.67. The highest BCUT2D eigenvalue weighted by Gasteiger charge is 2.00. The fraction of sp³-hybridized carbons (Fsp3) is 0.100. The molecule has 3 nitrogen and oxygen atoms in total. The molecule has 0 fully saturated rings. The van der Waals surface area contributed by atoms with Gasteiger partial charge in [-0.15, -0.1) is 0 Å². The van der Waals surface area contributed by atoms with Crippen molar-refractivity contribution in [2.75, 3.05) is 0 Å². The van der Waals surface area contributed by atoms with Crippen LogP contribution in [-0.2, 0) is 11.3 Å². The molecule has 2 aromatic rings. The van der Waals surface area contributed by atoms with E-state index < -0.39 is 5.43 Å². The number of halogens is 1. The number of ether oxygens (including phenoxy) is 1. The van der Waals surface area contributed by atoms with Gasteiger partial charge in [0.05, 0.1) is 0 Å². The van der Waals surface area contributed by atoms with E-state index in [-0.39, 0.29) is 6.61 Å². The van der Waals surface area contributed by atoms with E-state index in [0.717, 1.165) is 16.5 Å². The van der Waals surface area contributed by atoms with E-state index in [9.17, 15) is 4.79 Å². The number of aromatic amines is 1. The molecule has 0 aliphatic rings. The van der Waals surface area contributed by atoms with Gasteiger partial charge < -0.3 is 9.72 Å². The normalized spacial score (nSPS) is 10.4. The molecule has 0 radical (unpaired) electrons. The molecule has 1 aromatic carbocycles. The zero-order valence-corrected chi connectivity index (χ0v) is 8.04. The zero-order chi connectivity index (χ0) is 9.97. The van der Waals surface area contributed by atoms with Crippen molar-refractivity contribution < 1.29 is 9.53 Å². The molecule has 72 valence electrons. The highest BCUT2D eigenvalue weighted by molar-refractivity contribution is 6.61. The molecule has 0 unspecified atom stereocenters. The summed E-state index contributed by atoms with van der Waals surface area (Å²) >= 11 is 5.06. The van der Waals surface area contributed by atoms with Crippen LogP contribution in [0.25, 0.3) is 10.9 Å². The summed E-state index contributed by atoms with van der Waals surface area (Å²) in [6.45, 7) is 0.212. The number of hydrogen-bond donors (Lipinski definition) is 1. The van der Waals surface area contributed by atoms with Crippen molar-refractivity contribution in [1.82, 2.24) is 4.98 Å². The van der Waals surface area contributed by atoms with Gasteiger partial charge in [0.25, 0.3) is 0 Å². The summed E-state index contributed by atoms with van der Waals surface area (Å²) in [6.07, 6.45) is 1.86. The largest absolute Gasteiger partial charge is 0.449 e. The Labute approximate surface area is 85.6 Å². The first kappa shape index (κ1) is 9.09. The number of aromatic nitrogens is 1. The molecule has 0 aliphatic heterocycles. The number of fused-ring (bicyclic) bond motifs is 1. The molecule has 2 rings (SSSR count). The summed E-state index contributed by atoms with van der Waals surface area (Å²) in [5, 5.41) is 1.09. The predicted molar refractivity (Wildman–Crippen MR) is 54.3 cm³/mol. The lowest BCUT2D eigenvalue weighted by Crippen LogP contribution is -1.94. The molecule has 0 saturated heterocycles. The molecular formula is C10H8ClNO2. The van der Waals surface area contributed by atoms with E-state index in [2.05, 4.69) is 9.72 Å². The maximum atomic E-state index is 10.4. The quantitative estimate of drug-likeness (QED) is 0.773. The van der Waals surface area contributed by atoms with Crippen LogP contribution in [0.1, 0.15) is 5.56 Å². The van der Waals surface area contributed by atoms with Crippen LogP contribution in [0.3, 0.4) is 0 Å². The molecule has 0 bridgehead atoms. The molecule has 1 aromatic heterocycles. The third kappa shape index (κ3) is 1.88. The van der Waals surface area contributed by atoms with Gasteiger partial charge in [0, 0.05) is 23.3 Å². The minimum absolute atomic E-state index is 0.212. The highest BCUT2D eigenvalue weighted by atomic mass is 35.5. The van der Waals surface area contributed by atoms with E-state index in [1.54, 1.807) is 0 Å². The number of benzene rings is 1. The van der Waals surface area contributed by atoms with Gasteiger partial charge in [-0.3, -0.25) is 0 Å². The van der Waals surface area contributed by atoms with Crippen LogP contribution in [0.4, 0.5) is 4.79 Å². The van der Waals surface area contributed by atoms with Crippen LogP contribution in [0, 0.1) is 0 Å². The van der Waals surface area contributed by atoms with Gasteiger partial charge in [0.1, 0.15) is 6.61 Å². The number of nitrogens with one attached hydrogen (secondary N) is 1. The number of hydrogen-bond acceptors (Lipinski definition) is 2. The van der Waals surface area contributed by atoms with Crippen LogP contribution in [-0.4, -0.2) is 10.4 Å². The smallest absolute Gasteiger partial charge is 0.404 e. The lowest BCUT2D eigenvalue weighted by Gasteiger charge is -2.00. The Morgan fingerprint density at radius 1 is 1.43 bits per heavy atom. The van der Waals surface area contributed by atoms with Crippen LogP contribution in [0.15, 0.2) is 30.5 Å². The molecule has 1 heterocycles. The second-order valence-electron chi connectivity index (χ2n) is 2.93. The van der Waals surface area contributed by atoms with E-state index in [0.29, 0.717) is 0 Å². The summed E-state index contributed by atoms with van der Waals surface area (Å²) in [4.78, 5) is 13.4. The summed E-state index contributed by atoms with van der Waals surface area (Å²) in [7, 11) is 0. The van der Waals surface area contributed by atoms with Gasteiger partial charge in [0.2, 0.25) is 0 Å². The third-order valence-corrected chi connectivity index (χ3v) is 2.08. The Balaban J connectivity index is 2.21. The average Bonchev–Trinajstić information content (AvgIpc) is 2.61. The van der Waals surface area contributed by atoms with Crippen LogP contribution in [0.2, 0.25) is 0 Å². The van der Waals surface area contributed by atoms with Gasteiger partial charge in [-0.2, -0.15) is 0 Å². The van der Waals surface area contributed by atoms with Crippen molar-refractivity contribution in [2.45, 2.75) is 6.61 Å². The Kier molecular flexibility index (Phi) is 2.41. The van der Waals surface area contributed by atoms with Gasteiger partial charge in [-0.1, -0.05) is 6.07 Å². The van der Waals surface area contributed by atoms with Crippen molar-refractivity contribution in [3.8, 4) is 0 Å². The molecular weight excluding hydrogens is 202 g/mol. The first-order valence-electron chi connectivity index (χ1n) is 4.14. The highest BCUT2D eigenvalue weighted by Crippen LogP contribution is 2.15. The Bertz CT molecular complexity index is 464. The van der Waals surface area contributed by atoms with Gasteiger partial charge >= 0.3 is 5.43 Å². The number of rotatable bonds is 2. The summed E-state index contributed by atoms with van der Waals surface area (Å²) in [6, 6.07) is 7.73. The summed E-state index contributed by atoms with van der Waals surface area (Å²) in [5.74, 6) is 0. The molecule has 14 heavy (non-hydrogen) atoms. The first-order valence-corrected chi connectivity index (χ1v) is 4.52. The lowest BCUT2D eigenvalue weighted by atomic mass is 10.2. The Morgan fingerprint density at radius 2 is 2.29 bits per heavy atom. The number of H-pyrrole nitrogens is 1. The van der Waals surface area contributed by atoms with Gasteiger partial charge in [-0.05, 0) is 29.1 Å². The molecule has 0 saturated carbocycles. The second kappa shape index (κ2) is 3.72. The van der Waals surface area contributed by atoms with Crippen LogP contribution < -0.4 is 0 Å². The topological polar surface area (TPSA) is 42.1 Å². The van der Waals surface area contributed by atoms with Crippen LogP contribution in [0.5, 0.6) is 0 Å². The summed E-state index contributed by atoms with van der Waals surface area (Å²) in [5.41, 5.74) is 1.20. The molecule has 1 N–H and O–H groups in total. The minimum Gasteiger partial charge on any atom is -0.449 e. The van der Waals surface area contributed by atoms with E-state index in [4.69, 9.17) is 11.6 Å². The third-order valence-electron chi connectivity index (χ3n) is 1.97. The molecule has 0 amide bonds. The SMILES string of the molecule is O=C(Cl)OCc1ccc2[nH]ccc2c1. The standard InChI is InChI=1S/C10H8ClNO2/c11-10(13)14-6-7-1-2-9-8(5-7)3-4-12-9/h1-5,12H,6H2. The molecule has 4 heteroatoms. The van der Waals surface area contributed by atoms with Crippen molar-refractivity contribution in [1.29, 1.82) is 0 Å². The fourth-order valence-electron chi connectivity index (χ4n) is 1.33. The van der Waals surface area contributed by atoms with Crippen molar-refractivity contribution in [3.63, 3.8) is 0 Å². The van der Waals surface area contributed by atoms with Crippen molar-refractivity contribution >= 4 is 27.9 Å². The van der Waals surface area contributed by atoms with E-state index >= 15 is 0 Å². The Morgan fingerprint density at radius 3 is 3.07 bits per heavy atom. The maximum Gasteiger partial charge on any atom is 0.404 e. The van der Waals surface area contributed by atoms with Gasteiger partial charge in [0.15, 0.2) is 0 Å². The monoisotopic (exact) mass is 209 g/mol. The second-order valence-corrected chi connectivity index (χ2v) is 3.23. The molecule has 0 atom stereocenters. The van der Waals surface area contributed by atoms with E-state index in [1.165, 1.54) is 0 Å². The van der Waals surface area contributed by atoms with Crippen molar-refractivity contribution in [2.24, 2.45) is 0 Å². The average molecular weight is 210 g/mol. The van der Waals surface area contributed by atoms with Gasteiger partial charge in [-0.25, -0.2) is 4.79 Å². The molecule has 0 aliphatic carbocycles. The maximum absolute atomic E-state index is 10.4. The Hall–Kier alpha value is -1.48. The van der Waals surface area contributed by atoms with Crippen LogP contribution >= 0.6 is 11.6 Å². The number of carbonyl (C=O) groups is 1. The van der Waals surface area contributed by atoms with E-state index in [1.807, 2.05) is 30.5 Å². The predicted octanol–water partition coefficient (Wildman–Crippen LogP) is 3.04. The minimum atomic E-state index is -0.779. The fourth-order valence-corrected chi connectivity index (χ4v) is 1.39.